The van der Waals surface area contributed by atoms with Gasteiger partial charge in [-0.15, -0.1) is 0 Å². The van der Waals surface area contributed by atoms with E-state index in [1.807, 2.05) is 73.6 Å². The Morgan fingerprint density at radius 3 is 2.50 bits per heavy atom. The van der Waals surface area contributed by atoms with Gasteiger partial charge in [0, 0.05) is 19.8 Å². The molecule has 1 aromatic heterocycles. The molecule has 4 heteroatoms. The monoisotopic (exact) mass is 288 g/mol. The van der Waals surface area contributed by atoms with Gasteiger partial charge >= 0.3 is 0 Å². The number of hydrogen-bond donors (Lipinski definition) is 1. The molecule has 1 heterocycles. The maximum absolute atomic E-state index is 9.42. The lowest BCUT2D eigenvalue weighted by atomic mass is 10.1. The Labute approximate surface area is 129 Å². The lowest BCUT2D eigenvalue weighted by Crippen LogP contribution is -2.07. The number of fused-ring (bicyclic) bond motifs is 1. The van der Waals surface area contributed by atoms with E-state index >= 15 is 0 Å². The summed E-state index contributed by atoms with van der Waals surface area (Å²) in [5.74, 6) is 0.598. The van der Waals surface area contributed by atoms with Crippen LogP contribution in [0.4, 0.5) is 5.69 Å². The van der Waals surface area contributed by atoms with Crippen molar-refractivity contribution in [3.8, 4) is 6.07 Å². The molecule has 0 spiro atoms. The van der Waals surface area contributed by atoms with E-state index in [1.54, 1.807) is 0 Å². The predicted octanol–water partition coefficient (Wildman–Crippen LogP) is 3.69. The van der Waals surface area contributed by atoms with Gasteiger partial charge in [0.1, 0.15) is 11.9 Å². The second kappa shape index (κ2) is 5.74. The van der Waals surface area contributed by atoms with E-state index < -0.39 is 0 Å². The Morgan fingerprint density at radius 2 is 1.86 bits per heavy atom. The summed E-state index contributed by atoms with van der Waals surface area (Å²) in [4.78, 5) is 9.70. The zero-order valence-corrected chi connectivity index (χ0v) is 12.5. The molecule has 0 bridgehead atoms. The molecule has 0 aliphatic heterocycles. The van der Waals surface area contributed by atoms with Crippen LogP contribution in [0.5, 0.6) is 0 Å². The van der Waals surface area contributed by atoms with E-state index in [4.69, 9.17) is 0 Å². The average molecular weight is 288 g/mol. The van der Waals surface area contributed by atoms with E-state index in [-0.39, 0.29) is 0 Å². The van der Waals surface area contributed by atoms with Gasteiger partial charge in [0.15, 0.2) is 0 Å². The molecule has 22 heavy (non-hydrogen) atoms. The minimum atomic E-state index is 0.522. The molecular formula is C18H16N4. The zero-order valence-electron chi connectivity index (χ0n) is 12.5. The summed E-state index contributed by atoms with van der Waals surface area (Å²) in [5, 5.41) is 9.42. The van der Waals surface area contributed by atoms with Gasteiger partial charge in [0.05, 0.1) is 16.6 Å². The molecule has 108 valence electrons. The maximum atomic E-state index is 9.42. The van der Waals surface area contributed by atoms with Crippen molar-refractivity contribution < 1.29 is 0 Å². The van der Waals surface area contributed by atoms with Crippen LogP contribution in [0.3, 0.4) is 0 Å². The number of hydrogen-bond acceptors (Lipinski definition) is 3. The molecule has 0 unspecified atom stereocenters. The molecule has 0 saturated carbocycles. The second-order valence-corrected chi connectivity index (χ2v) is 5.26. The number of nitrogens with zero attached hydrogens (tertiary/aromatic N) is 3. The lowest BCUT2D eigenvalue weighted by molar-refractivity contribution is 1.13. The summed E-state index contributed by atoms with van der Waals surface area (Å²) < 4.78 is 0. The number of anilines is 1. The van der Waals surface area contributed by atoms with Crippen LogP contribution in [0.1, 0.15) is 11.4 Å². The second-order valence-electron chi connectivity index (χ2n) is 5.26. The Balaban J connectivity index is 1.97. The number of rotatable bonds is 3. The molecular weight excluding hydrogens is 272 g/mol. The number of nitrogens with one attached hydrogen (secondary N) is 1. The number of nitriles is 1. The molecule has 0 fully saturated rings. The van der Waals surface area contributed by atoms with Crippen molar-refractivity contribution in [3.63, 3.8) is 0 Å². The van der Waals surface area contributed by atoms with Gasteiger partial charge in [0.25, 0.3) is 0 Å². The van der Waals surface area contributed by atoms with Crippen LogP contribution < -0.4 is 4.90 Å². The first-order chi connectivity index (χ1) is 10.7. The van der Waals surface area contributed by atoms with Crippen molar-refractivity contribution in [2.24, 2.45) is 0 Å². The van der Waals surface area contributed by atoms with Gasteiger partial charge in [0.2, 0.25) is 0 Å². The molecule has 0 aliphatic rings. The van der Waals surface area contributed by atoms with Crippen LogP contribution in [0.25, 0.3) is 22.7 Å². The SMILES string of the molecule is CN(C)c1ccc(/C=C(\C#N)c2nc3ccccc3[nH]2)cc1. The van der Waals surface area contributed by atoms with E-state index in [0.717, 1.165) is 22.3 Å². The molecule has 3 aromatic rings. The van der Waals surface area contributed by atoms with Crippen LogP contribution in [-0.4, -0.2) is 24.1 Å². The van der Waals surface area contributed by atoms with Gasteiger partial charge in [-0.05, 0) is 35.9 Å². The highest BCUT2D eigenvalue weighted by atomic mass is 15.1. The Kier molecular flexibility index (Phi) is 3.63. The number of H-pyrrole nitrogens is 1. The number of para-hydroxylation sites is 2. The van der Waals surface area contributed by atoms with Crippen molar-refractivity contribution in [3.05, 3.63) is 59.9 Å². The van der Waals surface area contributed by atoms with E-state index in [0.29, 0.717) is 11.4 Å². The van der Waals surface area contributed by atoms with Crippen LogP contribution in [0, 0.1) is 11.3 Å². The Morgan fingerprint density at radius 1 is 1.14 bits per heavy atom. The van der Waals surface area contributed by atoms with Crippen molar-refractivity contribution in [1.82, 2.24) is 9.97 Å². The molecule has 0 amide bonds. The highest BCUT2D eigenvalue weighted by Crippen LogP contribution is 2.20. The highest BCUT2D eigenvalue weighted by Gasteiger charge is 2.07. The molecule has 1 N–H and O–H groups in total. The van der Waals surface area contributed by atoms with E-state index in [9.17, 15) is 5.26 Å². The Hall–Kier alpha value is -3.06. The molecule has 0 aliphatic carbocycles. The van der Waals surface area contributed by atoms with Crippen molar-refractivity contribution in [2.45, 2.75) is 0 Å². The minimum Gasteiger partial charge on any atom is -0.378 e. The summed E-state index contributed by atoms with van der Waals surface area (Å²) in [6, 6.07) is 18.0. The van der Waals surface area contributed by atoms with Crippen molar-refractivity contribution in [2.75, 3.05) is 19.0 Å². The molecule has 0 saturated heterocycles. The fourth-order valence-electron chi connectivity index (χ4n) is 2.27. The maximum Gasteiger partial charge on any atom is 0.149 e. The molecule has 4 nitrogen and oxygen atoms in total. The largest absolute Gasteiger partial charge is 0.378 e. The first-order valence-electron chi connectivity index (χ1n) is 7.01. The Bertz CT molecular complexity index is 831. The van der Waals surface area contributed by atoms with Crippen molar-refractivity contribution in [1.29, 1.82) is 5.26 Å². The first kappa shape index (κ1) is 13.9. The van der Waals surface area contributed by atoms with E-state index in [2.05, 4.69) is 16.0 Å². The van der Waals surface area contributed by atoms with Crippen molar-refractivity contribution >= 4 is 28.4 Å². The number of aromatic amines is 1. The minimum absolute atomic E-state index is 0.522. The number of aromatic nitrogens is 2. The lowest BCUT2D eigenvalue weighted by Gasteiger charge is -2.11. The fraction of sp³-hybridized carbons (Fsp3) is 0.111. The first-order valence-corrected chi connectivity index (χ1v) is 7.01. The number of benzene rings is 2. The summed E-state index contributed by atoms with van der Waals surface area (Å²) >= 11 is 0. The third kappa shape index (κ3) is 2.70. The summed E-state index contributed by atoms with van der Waals surface area (Å²) in [5.41, 5.74) is 4.42. The third-order valence-electron chi connectivity index (χ3n) is 3.49. The number of allylic oxidation sites excluding steroid dienone is 1. The average Bonchev–Trinajstić information content (AvgIpc) is 2.96. The number of imidazole rings is 1. The molecule has 3 rings (SSSR count). The molecule has 0 atom stereocenters. The summed E-state index contributed by atoms with van der Waals surface area (Å²) in [6.07, 6.45) is 1.84. The normalized spacial score (nSPS) is 11.4. The van der Waals surface area contributed by atoms with Gasteiger partial charge in [-0.2, -0.15) is 5.26 Å². The van der Waals surface area contributed by atoms with Gasteiger partial charge in [-0.3, -0.25) is 0 Å². The van der Waals surface area contributed by atoms with Crippen LogP contribution >= 0.6 is 0 Å². The quantitative estimate of drug-likeness (QED) is 0.748. The predicted molar refractivity (Wildman–Crippen MR) is 90.3 cm³/mol. The van der Waals surface area contributed by atoms with Gasteiger partial charge in [-0.1, -0.05) is 24.3 Å². The van der Waals surface area contributed by atoms with Crippen LogP contribution in [0.15, 0.2) is 48.5 Å². The smallest absolute Gasteiger partial charge is 0.149 e. The van der Waals surface area contributed by atoms with Gasteiger partial charge < -0.3 is 9.88 Å². The van der Waals surface area contributed by atoms with E-state index in [1.165, 1.54) is 0 Å². The standard InChI is InChI=1S/C18H16N4/c1-22(2)15-9-7-13(8-10-15)11-14(12-19)18-20-16-5-3-4-6-17(16)21-18/h3-11H,1-2H3,(H,20,21)/b14-11+. The molecule has 2 aromatic carbocycles. The van der Waals surface area contributed by atoms with Gasteiger partial charge in [-0.25, -0.2) is 4.98 Å². The topological polar surface area (TPSA) is 55.7 Å². The zero-order chi connectivity index (χ0) is 15.5. The summed E-state index contributed by atoms with van der Waals surface area (Å²) in [7, 11) is 4.00. The highest BCUT2D eigenvalue weighted by molar-refractivity contribution is 5.90. The van der Waals surface area contributed by atoms with Crippen LogP contribution in [-0.2, 0) is 0 Å². The molecule has 0 radical (unpaired) electrons. The summed E-state index contributed by atoms with van der Waals surface area (Å²) in [6.45, 7) is 0. The third-order valence-corrected chi connectivity index (χ3v) is 3.49. The fourth-order valence-corrected chi connectivity index (χ4v) is 2.27. The van der Waals surface area contributed by atoms with Crippen LogP contribution in [0.2, 0.25) is 0 Å².